The van der Waals surface area contributed by atoms with Crippen molar-refractivity contribution >= 4 is 0 Å². The highest BCUT2D eigenvalue weighted by Gasteiger charge is 2.39. The topological polar surface area (TPSA) is 29.3 Å². The summed E-state index contributed by atoms with van der Waals surface area (Å²) in [5.74, 6) is 1.72. The molecule has 100 valence electrons. The second kappa shape index (κ2) is 4.89. The monoisotopic (exact) mass is 238 g/mol. The summed E-state index contributed by atoms with van der Waals surface area (Å²) in [6.45, 7) is 12.1. The summed E-state index contributed by atoms with van der Waals surface area (Å²) in [6, 6.07) is 1.05. The second-order valence-electron chi connectivity index (χ2n) is 7.43. The molecule has 2 nitrogen and oxygen atoms in total. The lowest BCUT2D eigenvalue weighted by molar-refractivity contribution is 0.0907. The predicted octanol–water partition coefficient (Wildman–Crippen LogP) is 2.87. The predicted molar refractivity (Wildman–Crippen MR) is 73.9 cm³/mol. The Morgan fingerprint density at radius 2 is 1.94 bits per heavy atom. The van der Waals surface area contributed by atoms with Crippen molar-refractivity contribution in [3.63, 3.8) is 0 Å². The third kappa shape index (κ3) is 3.03. The number of hydrogen-bond donors (Lipinski definition) is 1. The molecule has 1 aliphatic heterocycles. The molecule has 1 heterocycles. The largest absolute Gasteiger partial charge is 0.326 e. The Kier molecular flexibility index (Phi) is 3.84. The van der Waals surface area contributed by atoms with Crippen LogP contribution in [0.5, 0.6) is 0 Å². The summed E-state index contributed by atoms with van der Waals surface area (Å²) in [7, 11) is 0. The van der Waals surface area contributed by atoms with E-state index < -0.39 is 0 Å². The summed E-state index contributed by atoms with van der Waals surface area (Å²) < 4.78 is 0. The van der Waals surface area contributed by atoms with E-state index in [9.17, 15) is 0 Å². The van der Waals surface area contributed by atoms with Crippen LogP contribution in [0.3, 0.4) is 0 Å². The first-order valence-corrected chi connectivity index (χ1v) is 7.39. The van der Waals surface area contributed by atoms with Crippen LogP contribution >= 0.6 is 0 Å². The van der Waals surface area contributed by atoms with Gasteiger partial charge in [-0.2, -0.15) is 0 Å². The first-order valence-electron chi connectivity index (χ1n) is 7.39. The van der Waals surface area contributed by atoms with E-state index in [0.717, 1.165) is 11.8 Å². The van der Waals surface area contributed by atoms with Gasteiger partial charge in [0.05, 0.1) is 0 Å². The molecule has 0 aromatic carbocycles. The fourth-order valence-corrected chi connectivity index (χ4v) is 3.63. The van der Waals surface area contributed by atoms with Crippen molar-refractivity contribution in [2.75, 3.05) is 13.1 Å². The van der Waals surface area contributed by atoms with Gasteiger partial charge in [0.25, 0.3) is 0 Å². The third-order valence-electron chi connectivity index (χ3n) is 5.08. The molecule has 1 saturated carbocycles. The number of hydrogen-bond acceptors (Lipinski definition) is 2. The lowest BCUT2D eigenvalue weighted by Gasteiger charge is -2.43. The Bertz CT molecular complexity index is 260. The smallest absolute Gasteiger partial charge is 0.0252 e. The van der Waals surface area contributed by atoms with E-state index in [2.05, 4.69) is 32.6 Å². The fraction of sp³-hybridized carbons (Fsp3) is 1.00. The second-order valence-corrected chi connectivity index (χ2v) is 7.43. The van der Waals surface area contributed by atoms with Gasteiger partial charge in [-0.1, -0.05) is 27.7 Å². The highest BCUT2D eigenvalue weighted by atomic mass is 15.2. The average molecular weight is 238 g/mol. The molecule has 2 rings (SSSR count). The van der Waals surface area contributed by atoms with Gasteiger partial charge in [0.2, 0.25) is 0 Å². The quantitative estimate of drug-likeness (QED) is 0.801. The van der Waals surface area contributed by atoms with Crippen molar-refractivity contribution in [3.05, 3.63) is 0 Å². The zero-order chi connectivity index (χ0) is 12.6. The third-order valence-corrected chi connectivity index (χ3v) is 5.08. The Hall–Kier alpha value is -0.0800. The molecule has 2 aliphatic rings. The number of nitrogens with two attached hydrogens (primary N) is 1. The number of rotatable bonds is 2. The van der Waals surface area contributed by atoms with E-state index in [-0.39, 0.29) is 0 Å². The maximum absolute atomic E-state index is 6.36. The van der Waals surface area contributed by atoms with Crippen LogP contribution < -0.4 is 5.73 Å². The molecule has 3 unspecified atom stereocenters. The zero-order valence-corrected chi connectivity index (χ0v) is 12.1. The standard InChI is InChI=1S/C15H30N2/c1-11(2)12-6-8-17(10-12)14-9-15(3,4)7-5-13(14)16/h11-14H,5-10,16H2,1-4H3. The van der Waals surface area contributed by atoms with Gasteiger partial charge in [0.15, 0.2) is 0 Å². The van der Waals surface area contributed by atoms with E-state index in [4.69, 9.17) is 5.73 Å². The number of likely N-dealkylation sites (tertiary alicyclic amines) is 1. The van der Waals surface area contributed by atoms with E-state index in [0.29, 0.717) is 17.5 Å². The van der Waals surface area contributed by atoms with Gasteiger partial charge in [-0.15, -0.1) is 0 Å². The maximum atomic E-state index is 6.36. The van der Waals surface area contributed by atoms with Crippen LogP contribution in [0.4, 0.5) is 0 Å². The van der Waals surface area contributed by atoms with E-state index in [1.807, 2.05) is 0 Å². The summed E-state index contributed by atoms with van der Waals surface area (Å²) in [5, 5.41) is 0. The number of nitrogens with zero attached hydrogens (tertiary/aromatic N) is 1. The van der Waals surface area contributed by atoms with E-state index in [1.54, 1.807) is 0 Å². The molecule has 2 N–H and O–H groups in total. The van der Waals surface area contributed by atoms with Gasteiger partial charge < -0.3 is 5.73 Å². The van der Waals surface area contributed by atoms with Crippen molar-refractivity contribution in [3.8, 4) is 0 Å². The van der Waals surface area contributed by atoms with Crippen molar-refractivity contribution < 1.29 is 0 Å². The molecule has 3 atom stereocenters. The molecule has 0 bridgehead atoms. The van der Waals surface area contributed by atoms with Crippen LogP contribution in [-0.4, -0.2) is 30.1 Å². The van der Waals surface area contributed by atoms with Crippen LogP contribution in [0.25, 0.3) is 0 Å². The van der Waals surface area contributed by atoms with Gasteiger partial charge in [0, 0.05) is 18.6 Å². The van der Waals surface area contributed by atoms with Crippen LogP contribution in [0.15, 0.2) is 0 Å². The van der Waals surface area contributed by atoms with Crippen molar-refractivity contribution in [2.45, 2.75) is 65.5 Å². The zero-order valence-electron chi connectivity index (χ0n) is 12.1. The normalized spacial score (nSPS) is 38.8. The molecule has 17 heavy (non-hydrogen) atoms. The SMILES string of the molecule is CC(C)C1CCN(C2CC(C)(C)CCC2N)C1. The lowest BCUT2D eigenvalue weighted by atomic mass is 9.72. The molecule has 2 heteroatoms. The fourth-order valence-electron chi connectivity index (χ4n) is 3.63. The first kappa shape index (κ1) is 13.4. The summed E-state index contributed by atoms with van der Waals surface area (Å²) >= 11 is 0. The molecule has 2 fully saturated rings. The van der Waals surface area contributed by atoms with Gasteiger partial charge in [0.1, 0.15) is 0 Å². The minimum Gasteiger partial charge on any atom is -0.326 e. The summed E-state index contributed by atoms with van der Waals surface area (Å²) in [5.41, 5.74) is 6.86. The van der Waals surface area contributed by atoms with Crippen LogP contribution in [0, 0.1) is 17.3 Å². The molecule has 0 spiro atoms. The van der Waals surface area contributed by atoms with Gasteiger partial charge in [-0.05, 0) is 49.5 Å². The summed E-state index contributed by atoms with van der Waals surface area (Å²) in [4.78, 5) is 2.69. The van der Waals surface area contributed by atoms with Gasteiger partial charge in [-0.3, -0.25) is 4.90 Å². The van der Waals surface area contributed by atoms with Crippen molar-refractivity contribution in [1.82, 2.24) is 4.90 Å². The Labute approximate surface area is 107 Å². The average Bonchev–Trinajstić information content (AvgIpc) is 2.71. The first-order chi connectivity index (χ1) is 7.89. The molecule has 1 aliphatic carbocycles. The molecular formula is C15H30N2. The Morgan fingerprint density at radius 1 is 1.24 bits per heavy atom. The lowest BCUT2D eigenvalue weighted by Crippen LogP contribution is -2.52. The Balaban J connectivity index is 1.97. The molecule has 0 aromatic heterocycles. The van der Waals surface area contributed by atoms with Crippen molar-refractivity contribution in [1.29, 1.82) is 0 Å². The maximum Gasteiger partial charge on any atom is 0.0252 e. The highest BCUT2D eigenvalue weighted by Crippen LogP contribution is 2.38. The van der Waals surface area contributed by atoms with Crippen LogP contribution in [0.2, 0.25) is 0 Å². The molecule has 1 saturated heterocycles. The minimum atomic E-state index is 0.411. The highest BCUT2D eigenvalue weighted by molar-refractivity contribution is 4.95. The van der Waals surface area contributed by atoms with E-state index in [1.165, 1.54) is 38.8 Å². The van der Waals surface area contributed by atoms with E-state index >= 15 is 0 Å². The van der Waals surface area contributed by atoms with Gasteiger partial charge in [-0.25, -0.2) is 0 Å². The molecular weight excluding hydrogens is 208 g/mol. The minimum absolute atomic E-state index is 0.411. The van der Waals surface area contributed by atoms with Crippen LogP contribution in [0.1, 0.15) is 53.4 Å². The Morgan fingerprint density at radius 3 is 2.53 bits per heavy atom. The van der Waals surface area contributed by atoms with Crippen LogP contribution in [-0.2, 0) is 0 Å². The molecule has 0 amide bonds. The van der Waals surface area contributed by atoms with Crippen molar-refractivity contribution in [2.24, 2.45) is 23.0 Å². The summed E-state index contributed by atoms with van der Waals surface area (Å²) in [6.07, 6.45) is 5.17. The molecule has 0 radical (unpaired) electrons. The van der Waals surface area contributed by atoms with Gasteiger partial charge >= 0.3 is 0 Å². The molecule has 0 aromatic rings.